The van der Waals surface area contributed by atoms with Crippen molar-refractivity contribution in [1.82, 2.24) is 4.90 Å². The number of aliphatic hydroxyl groups is 1. The molecule has 2 atom stereocenters. The second kappa shape index (κ2) is 7.77. The average Bonchev–Trinajstić information content (AvgIpc) is 2.92. The van der Waals surface area contributed by atoms with Crippen molar-refractivity contribution in [3.05, 3.63) is 35.9 Å². The SMILES string of the molecule is CN(CC1CCCC1)CC(O)C(N)Cc1ccccc1. The molecule has 2 rings (SSSR count). The molecule has 1 aromatic rings. The standard InChI is InChI=1S/C17H28N2O/c1-19(12-15-9-5-6-10-15)13-17(20)16(18)11-14-7-3-2-4-8-14/h2-4,7-8,15-17,20H,5-6,9-13,18H2,1H3. The van der Waals surface area contributed by atoms with Gasteiger partial charge in [0.25, 0.3) is 0 Å². The molecule has 3 nitrogen and oxygen atoms in total. The zero-order chi connectivity index (χ0) is 14.4. The van der Waals surface area contributed by atoms with Crippen LogP contribution in [0.3, 0.4) is 0 Å². The van der Waals surface area contributed by atoms with Crippen molar-refractivity contribution in [2.24, 2.45) is 11.7 Å². The first-order valence-electron chi connectivity index (χ1n) is 7.81. The van der Waals surface area contributed by atoms with E-state index in [1.54, 1.807) is 0 Å². The summed E-state index contributed by atoms with van der Waals surface area (Å²) in [5.74, 6) is 0.817. The van der Waals surface area contributed by atoms with E-state index in [1.807, 2.05) is 18.2 Å². The molecule has 0 heterocycles. The number of aliphatic hydroxyl groups excluding tert-OH is 1. The third-order valence-electron chi connectivity index (χ3n) is 4.35. The molecule has 1 fully saturated rings. The molecule has 3 N–H and O–H groups in total. The summed E-state index contributed by atoms with van der Waals surface area (Å²) >= 11 is 0. The van der Waals surface area contributed by atoms with Crippen molar-refractivity contribution in [3.8, 4) is 0 Å². The zero-order valence-corrected chi connectivity index (χ0v) is 12.5. The maximum absolute atomic E-state index is 10.3. The predicted octanol–water partition coefficient (Wildman–Crippen LogP) is 2.04. The van der Waals surface area contributed by atoms with Gasteiger partial charge in [-0.25, -0.2) is 0 Å². The Morgan fingerprint density at radius 2 is 1.90 bits per heavy atom. The van der Waals surface area contributed by atoms with Crippen molar-refractivity contribution in [1.29, 1.82) is 0 Å². The van der Waals surface area contributed by atoms with Crippen LogP contribution in [-0.4, -0.2) is 42.3 Å². The predicted molar refractivity (Wildman–Crippen MR) is 83.6 cm³/mol. The quantitative estimate of drug-likeness (QED) is 0.801. The van der Waals surface area contributed by atoms with Crippen LogP contribution >= 0.6 is 0 Å². The third-order valence-corrected chi connectivity index (χ3v) is 4.35. The lowest BCUT2D eigenvalue weighted by Gasteiger charge is -2.26. The van der Waals surface area contributed by atoms with Crippen LogP contribution in [0.25, 0.3) is 0 Å². The fourth-order valence-corrected chi connectivity index (χ4v) is 3.19. The van der Waals surface area contributed by atoms with Crippen molar-refractivity contribution in [2.45, 2.75) is 44.2 Å². The van der Waals surface area contributed by atoms with Gasteiger partial charge in [0, 0.05) is 19.1 Å². The number of hydrogen-bond acceptors (Lipinski definition) is 3. The van der Waals surface area contributed by atoms with Crippen molar-refractivity contribution in [3.63, 3.8) is 0 Å². The molecule has 0 saturated heterocycles. The van der Waals surface area contributed by atoms with E-state index in [9.17, 15) is 5.11 Å². The number of benzene rings is 1. The molecule has 1 aliphatic carbocycles. The van der Waals surface area contributed by atoms with E-state index in [4.69, 9.17) is 5.73 Å². The van der Waals surface area contributed by atoms with Crippen molar-refractivity contribution in [2.75, 3.05) is 20.1 Å². The van der Waals surface area contributed by atoms with Crippen LogP contribution in [0.15, 0.2) is 30.3 Å². The molecule has 1 saturated carbocycles. The summed E-state index contributed by atoms with van der Waals surface area (Å²) in [6.45, 7) is 1.76. The molecule has 3 heteroatoms. The van der Waals surface area contributed by atoms with E-state index in [1.165, 1.54) is 31.2 Å². The fourth-order valence-electron chi connectivity index (χ4n) is 3.19. The molecule has 1 aromatic carbocycles. The van der Waals surface area contributed by atoms with Crippen molar-refractivity contribution < 1.29 is 5.11 Å². The van der Waals surface area contributed by atoms with Crippen molar-refractivity contribution >= 4 is 0 Å². The molecular formula is C17H28N2O. The first-order chi connectivity index (χ1) is 9.65. The minimum absolute atomic E-state index is 0.191. The number of hydrogen-bond donors (Lipinski definition) is 2. The highest BCUT2D eigenvalue weighted by Gasteiger charge is 2.21. The average molecular weight is 276 g/mol. The van der Waals surface area contributed by atoms with Crippen LogP contribution in [0.1, 0.15) is 31.2 Å². The Hall–Kier alpha value is -0.900. The molecule has 0 radical (unpaired) electrons. The summed E-state index contributed by atoms with van der Waals surface area (Å²) < 4.78 is 0. The molecule has 112 valence electrons. The smallest absolute Gasteiger partial charge is 0.0820 e. The molecule has 0 amide bonds. The highest BCUT2D eigenvalue weighted by molar-refractivity contribution is 5.16. The van der Waals surface area contributed by atoms with Gasteiger partial charge < -0.3 is 15.7 Å². The van der Waals surface area contributed by atoms with Gasteiger partial charge in [0.1, 0.15) is 0 Å². The van der Waals surface area contributed by atoms with Gasteiger partial charge in [-0.1, -0.05) is 43.2 Å². The lowest BCUT2D eigenvalue weighted by Crippen LogP contribution is -2.44. The van der Waals surface area contributed by atoms with Gasteiger partial charge >= 0.3 is 0 Å². The van der Waals surface area contributed by atoms with E-state index in [2.05, 4.69) is 24.1 Å². The first-order valence-corrected chi connectivity index (χ1v) is 7.81. The minimum atomic E-state index is -0.457. The van der Waals surface area contributed by atoms with E-state index in [0.29, 0.717) is 6.54 Å². The van der Waals surface area contributed by atoms with Crippen LogP contribution in [0, 0.1) is 5.92 Å². The molecule has 0 spiro atoms. The second-order valence-electron chi connectivity index (χ2n) is 6.29. The molecule has 2 unspecified atom stereocenters. The maximum Gasteiger partial charge on any atom is 0.0820 e. The molecule has 0 aromatic heterocycles. The molecule has 0 aliphatic heterocycles. The third kappa shape index (κ3) is 4.89. The zero-order valence-electron chi connectivity index (χ0n) is 12.5. The van der Waals surface area contributed by atoms with E-state index in [-0.39, 0.29) is 6.04 Å². The van der Waals surface area contributed by atoms with Crippen LogP contribution in [0.4, 0.5) is 0 Å². The number of rotatable bonds is 7. The van der Waals surface area contributed by atoms with E-state index >= 15 is 0 Å². The summed E-state index contributed by atoms with van der Waals surface area (Å²) in [6, 6.07) is 9.97. The molecule has 0 bridgehead atoms. The Morgan fingerprint density at radius 1 is 1.25 bits per heavy atom. The normalized spacial score (nSPS) is 19.4. The Balaban J connectivity index is 1.73. The van der Waals surface area contributed by atoms with Crippen LogP contribution in [-0.2, 0) is 6.42 Å². The Labute approximate surface area is 122 Å². The summed E-state index contributed by atoms with van der Waals surface area (Å²) in [5, 5.41) is 10.3. The first kappa shape index (κ1) is 15.5. The highest BCUT2D eigenvalue weighted by atomic mass is 16.3. The van der Waals surface area contributed by atoms with Gasteiger partial charge in [0.2, 0.25) is 0 Å². The topological polar surface area (TPSA) is 49.5 Å². The Morgan fingerprint density at radius 3 is 2.55 bits per heavy atom. The summed E-state index contributed by atoms with van der Waals surface area (Å²) in [5.41, 5.74) is 7.32. The number of likely N-dealkylation sites (N-methyl/N-ethyl adjacent to an activating group) is 1. The monoisotopic (exact) mass is 276 g/mol. The van der Waals surface area contributed by atoms with E-state index < -0.39 is 6.10 Å². The molecule has 1 aliphatic rings. The number of nitrogens with two attached hydrogens (primary N) is 1. The van der Waals surface area contributed by atoms with Gasteiger partial charge in [0.15, 0.2) is 0 Å². The fraction of sp³-hybridized carbons (Fsp3) is 0.647. The van der Waals surface area contributed by atoms with Gasteiger partial charge in [-0.05, 0) is 37.8 Å². The second-order valence-corrected chi connectivity index (χ2v) is 6.29. The Bertz CT molecular complexity index is 376. The maximum atomic E-state index is 10.3. The summed E-state index contributed by atoms with van der Waals surface area (Å²) in [6.07, 6.45) is 5.71. The lowest BCUT2D eigenvalue weighted by molar-refractivity contribution is 0.0955. The van der Waals surface area contributed by atoms with Crippen LogP contribution < -0.4 is 5.73 Å². The van der Waals surface area contributed by atoms with Gasteiger partial charge in [-0.2, -0.15) is 0 Å². The highest BCUT2D eigenvalue weighted by Crippen LogP contribution is 2.25. The van der Waals surface area contributed by atoms with Crippen LogP contribution in [0.5, 0.6) is 0 Å². The lowest BCUT2D eigenvalue weighted by atomic mass is 10.0. The summed E-state index contributed by atoms with van der Waals surface area (Å²) in [4.78, 5) is 2.24. The summed E-state index contributed by atoms with van der Waals surface area (Å²) in [7, 11) is 2.09. The molecular weight excluding hydrogens is 248 g/mol. The van der Waals surface area contributed by atoms with Gasteiger partial charge in [0.05, 0.1) is 6.10 Å². The van der Waals surface area contributed by atoms with E-state index in [0.717, 1.165) is 18.9 Å². The molecule has 20 heavy (non-hydrogen) atoms. The minimum Gasteiger partial charge on any atom is -0.390 e. The van der Waals surface area contributed by atoms with Gasteiger partial charge in [-0.15, -0.1) is 0 Å². The van der Waals surface area contributed by atoms with Gasteiger partial charge in [-0.3, -0.25) is 0 Å². The Kier molecular flexibility index (Phi) is 6.02. The van der Waals surface area contributed by atoms with Crippen LogP contribution in [0.2, 0.25) is 0 Å². The largest absolute Gasteiger partial charge is 0.390 e. The number of nitrogens with zero attached hydrogens (tertiary/aromatic N) is 1.